The van der Waals surface area contributed by atoms with Crippen LogP contribution in [-0.4, -0.2) is 23.0 Å². The molecular weight excluding hydrogens is 276 g/mol. The Balaban J connectivity index is 1.47. The summed E-state index contributed by atoms with van der Waals surface area (Å²) in [5.74, 6) is 0. The van der Waals surface area contributed by atoms with E-state index >= 15 is 0 Å². The van der Waals surface area contributed by atoms with Crippen molar-refractivity contribution in [2.45, 2.75) is 44.6 Å². The Morgan fingerprint density at radius 3 is 2.76 bits per heavy atom. The number of aromatic nitrogens is 1. The Hall–Kier alpha value is -1.19. The molecule has 1 aromatic heterocycles. The van der Waals surface area contributed by atoms with Crippen LogP contribution in [0.15, 0.2) is 29.8 Å². The van der Waals surface area contributed by atoms with Gasteiger partial charge in [-0.2, -0.15) is 0 Å². The summed E-state index contributed by atoms with van der Waals surface area (Å²) in [7, 11) is 0. The molecule has 0 radical (unpaired) electrons. The lowest BCUT2D eigenvalue weighted by Gasteiger charge is -2.40. The third kappa shape index (κ3) is 2.33. The van der Waals surface area contributed by atoms with Crippen molar-refractivity contribution in [1.82, 2.24) is 9.88 Å². The molecule has 21 heavy (non-hydrogen) atoms. The monoisotopic (exact) mass is 298 g/mol. The van der Waals surface area contributed by atoms with E-state index in [2.05, 4.69) is 41.1 Å². The molecule has 2 aliphatic rings. The maximum absolute atomic E-state index is 4.37. The second kappa shape index (κ2) is 5.22. The van der Waals surface area contributed by atoms with Gasteiger partial charge in [-0.15, -0.1) is 11.3 Å². The number of hydrogen-bond acceptors (Lipinski definition) is 3. The van der Waals surface area contributed by atoms with E-state index < -0.39 is 0 Å². The van der Waals surface area contributed by atoms with Crippen LogP contribution in [0.25, 0.3) is 0 Å². The minimum absolute atomic E-state index is 0.482. The fraction of sp³-hybridized carbons (Fsp3) is 0.500. The van der Waals surface area contributed by atoms with E-state index in [4.69, 9.17) is 0 Å². The first-order valence-electron chi connectivity index (χ1n) is 7.97. The van der Waals surface area contributed by atoms with E-state index in [0.29, 0.717) is 5.41 Å². The average Bonchev–Trinajstić information content (AvgIpc) is 3.08. The Morgan fingerprint density at radius 1 is 1.19 bits per heavy atom. The summed E-state index contributed by atoms with van der Waals surface area (Å²) >= 11 is 1.80. The minimum atomic E-state index is 0.482. The van der Waals surface area contributed by atoms with E-state index in [-0.39, 0.29) is 0 Å². The first-order valence-corrected chi connectivity index (χ1v) is 8.85. The maximum Gasteiger partial charge on any atom is 0.0798 e. The highest BCUT2D eigenvalue weighted by molar-refractivity contribution is 7.09. The fourth-order valence-electron chi connectivity index (χ4n) is 4.10. The number of hydrogen-bond donors (Lipinski definition) is 0. The van der Waals surface area contributed by atoms with E-state index in [0.717, 1.165) is 6.54 Å². The highest BCUT2D eigenvalue weighted by Gasteiger charge is 2.40. The van der Waals surface area contributed by atoms with Crippen LogP contribution in [0.2, 0.25) is 0 Å². The Labute approximate surface area is 130 Å². The molecule has 4 rings (SSSR count). The Morgan fingerprint density at radius 2 is 2.00 bits per heavy atom. The van der Waals surface area contributed by atoms with Gasteiger partial charge in [-0.25, -0.2) is 4.98 Å². The molecular formula is C18H22N2S. The maximum atomic E-state index is 4.37. The van der Waals surface area contributed by atoms with E-state index in [1.807, 2.05) is 5.51 Å². The van der Waals surface area contributed by atoms with Gasteiger partial charge in [-0.3, -0.25) is 4.90 Å². The van der Waals surface area contributed by atoms with Gasteiger partial charge >= 0.3 is 0 Å². The van der Waals surface area contributed by atoms with Crippen molar-refractivity contribution >= 4 is 11.3 Å². The molecule has 3 heteroatoms. The van der Waals surface area contributed by atoms with Crippen molar-refractivity contribution in [3.63, 3.8) is 0 Å². The van der Waals surface area contributed by atoms with Crippen molar-refractivity contribution < 1.29 is 0 Å². The summed E-state index contributed by atoms with van der Waals surface area (Å²) in [5.41, 5.74) is 6.92. The van der Waals surface area contributed by atoms with Crippen LogP contribution in [0, 0.1) is 6.92 Å². The van der Waals surface area contributed by atoms with Gasteiger partial charge in [-0.1, -0.05) is 24.3 Å². The second-order valence-corrected chi connectivity index (χ2v) is 7.51. The third-order valence-electron chi connectivity index (χ3n) is 5.49. The third-order valence-corrected chi connectivity index (χ3v) is 6.41. The number of likely N-dealkylation sites (tertiary alicyclic amines) is 1. The van der Waals surface area contributed by atoms with Gasteiger partial charge in [0, 0.05) is 11.4 Å². The zero-order chi connectivity index (χ0) is 14.3. The van der Waals surface area contributed by atoms with Crippen LogP contribution in [0.1, 0.15) is 41.0 Å². The normalized spacial score (nSPS) is 20.8. The Kier molecular flexibility index (Phi) is 3.35. The number of piperidine rings is 1. The summed E-state index contributed by atoms with van der Waals surface area (Å²) < 4.78 is 0. The largest absolute Gasteiger partial charge is 0.298 e. The first kappa shape index (κ1) is 13.5. The molecule has 1 aliphatic carbocycles. The number of rotatable bonds is 2. The highest BCUT2D eigenvalue weighted by Crippen LogP contribution is 2.46. The molecule has 0 atom stereocenters. The van der Waals surface area contributed by atoms with Crippen molar-refractivity contribution in [3.8, 4) is 0 Å². The molecule has 2 heterocycles. The molecule has 1 aromatic carbocycles. The highest BCUT2D eigenvalue weighted by atomic mass is 32.1. The minimum Gasteiger partial charge on any atom is -0.298 e. The number of nitrogens with zero attached hydrogens (tertiary/aromatic N) is 2. The molecule has 1 aliphatic heterocycles. The molecule has 1 saturated heterocycles. The first-order chi connectivity index (χ1) is 10.3. The molecule has 110 valence electrons. The van der Waals surface area contributed by atoms with Crippen molar-refractivity contribution in [2.24, 2.45) is 0 Å². The SMILES string of the molecule is Cc1ncsc1CN1CCC2(CCc3ccccc32)CC1. The molecule has 1 spiro atoms. The fourth-order valence-corrected chi connectivity index (χ4v) is 4.92. The van der Waals surface area contributed by atoms with Crippen LogP contribution < -0.4 is 0 Å². The van der Waals surface area contributed by atoms with Crippen molar-refractivity contribution in [2.75, 3.05) is 13.1 Å². The van der Waals surface area contributed by atoms with Crippen molar-refractivity contribution in [3.05, 3.63) is 51.5 Å². The van der Waals surface area contributed by atoms with E-state index in [9.17, 15) is 0 Å². The van der Waals surface area contributed by atoms with Crippen molar-refractivity contribution in [1.29, 1.82) is 0 Å². The smallest absolute Gasteiger partial charge is 0.0798 e. The number of benzene rings is 1. The molecule has 2 nitrogen and oxygen atoms in total. The number of thiazole rings is 1. The van der Waals surface area contributed by atoms with E-state index in [1.54, 1.807) is 22.5 Å². The lowest BCUT2D eigenvalue weighted by Crippen LogP contribution is -2.41. The molecule has 0 unspecified atom stereocenters. The molecule has 0 N–H and O–H groups in total. The summed E-state index contributed by atoms with van der Waals surface area (Å²) in [5, 5.41) is 0. The predicted octanol–water partition coefficient (Wildman–Crippen LogP) is 3.93. The summed E-state index contributed by atoms with van der Waals surface area (Å²) in [4.78, 5) is 8.43. The predicted molar refractivity (Wildman–Crippen MR) is 87.8 cm³/mol. The van der Waals surface area contributed by atoms with Crippen LogP contribution >= 0.6 is 11.3 Å². The lowest BCUT2D eigenvalue weighted by atomic mass is 9.74. The van der Waals surface area contributed by atoms with Crippen LogP contribution in [0.4, 0.5) is 0 Å². The van der Waals surface area contributed by atoms with Gasteiger partial charge in [0.1, 0.15) is 0 Å². The van der Waals surface area contributed by atoms with Crippen LogP contribution in [0.5, 0.6) is 0 Å². The molecule has 0 amide bonds. The van der Waals surface area contributed by atoms with Gasteiger partial charge < -0.3 is 0 Å². The molecule has 0 saturated carbocycles. The Bertz CT molecular complexity index is 638. The van der Waals surface area contributed by atoms with E-state index in [1.165, 1.54) is 49.3 Å². The molecule has 1 fully saturated rings. The zero-order valence-corrected chi connectivity index (χ0v) is 13.5. The van der Waals surface area contributed by atoms with Gasteiger partial charge in [-0.05, 0) is 62.2 Å². The second-order valence-electron chi connectivity index (χ2n) is 6.57. The number of aryl methyl sites for hydroxylation is 2. The van der Waals surface area contributed by atoms with Gasteiger partial charge in [0.05, 0.1) is 11.2 Å². The van der Waals surface area contributed by atoms with Crippen LogP contribution in [-0.2, 0) is 18.4 Å². The quantitative estimate of drug-likeness (QED) is 0.835. The van der Waals surface area contributed by atoms with Crippen LogP contribution in [0.3, 0.4) is 0 Å². The summed E-state index contributed by atoms with van der Waals surface area (Å²) in [6.45, 7) is 5.68. The number of fused-ring (bicyclic) bond motifs is 2. The molecule has 0 bridgehead atoms. The summed E-state index contributed by atoms with van der Waals surface area (Å²) in [6.07, 6.45) is 5.29. The average molecular weight is 298 g/mol. The van der Waals surface area contributed by atoms with Gasteiger partial charge in [0.25, 0.3) is 0 Å². The summed E-state index contributed by atoms with van der Waals surface area (Å²) in [6, 6.07) is 9.13. The topological polar surface area (TPSA) is 16.1 Å². The van der Waals surface area contributed by atoms with Gasteiger partial charge in [0.15, 0.2) is 0 Å². The standard InChI is InChI=1S/C18H22N2S/c1-14-17(21-13-19-14)12-20-10-8-18(9-11-20)7-6-15-4-2-3-5-16(15)18/h2-5,13H,6-12H2,1H3. The zero-order valence-electron chi connectivity index (χ0n) is 12.6. The molecule has 2 aromatic rings. The van der Waals surface area contributed by atoms with Gasteiger partial charge in [0.2, 0.25) is 0 Å². The lowest BCUT2D eigenvalue weighted by molar-refractivity contribution is 0.153.